The van der Waals surface area contributed by atoms with Crippen LogP contribution >= 0.6 is 0 Å². The molecule has 0 amide bonds. The largest absolute Gasteiger partial charge is 0.481 e. The minimum atomic E-state index is -1.82. The van der Waals surface area contributed by atoms with Crippen molar-refractivity contribution < 1.29 is 35.2 Å². The van der Waals surface area contributed by atoms with E-state index in [4.69, 9.17) is 29.7 Å². The predicted molar refractivity (Wildman–Crippen MR) is 32.2 cm³/mol. The van der Waals surface area contributed by atoms with Crippen molar-refractivity contribution in [2.24, 2.45) is 0 Å². The SMILES string of the molecule is CC(=O)O.O.O=C(O)C(=O)O. The summed E-state index contributed by atoms with van der Waals surface area (Å²) < 4.78 is 0. The monoisotopic (exact) mass is 168 g/mol. The molecule has 0 aromatic carbocycles. The Kier molecular flexibility index (Phi) is 12.3. The second-order valence-electron chi connectivity index (χ2n) is 1.13. The highest BCUT2D eigenvalue weighted by molar-refractivity contribution is 6.27. The molecular weight excluding hydrogens is 160 g/mol. The zero-order chi connectivity index (χ0) is 8.73. The van der Waals surface area contributed by atoms with E-state index in [1.807, 2.05) is 0 Å². The first-order chi connectivity index (χ1) is 4.37. The maximum absolute atomic E-state index is 9.10. The van der Waals surface area contributed by atoms with Crippen LogP contribution in [0.25, 0.3) is 0 Å². The Morgan fingerprint density at radius 3 is 1.00 bits per heavy atom. The lowest BCUT2D eigenvalue weighted by molar-refractivity contribution is -0.159. The van der Waals surface area contributed by atoms with Crippen molar-refractivity contribution in [2.75, 3.05) is 0 Å². The molecule has 0 rings (SSSR count). The first-order valence-electron chi connectivity index (χ1n) is 2.03. The van der Waals surface area contributed by atoms with Crippen molar-refractivity contribution in [3.8, 4) is 0 Å². The van der Waals surface area contributed by atoms with E-state index in [2.05, 4.69) is 0 Å². The Labute approximate surface area is 61.2 Å². The molecule has 0 atom stereocenters. The molecule has 7 heteroatoms. The second-order valence-corrected chi connectivity index (χ2v) is 1.13. The van der Waals surface area contributed by atoms with Crippen LogP contribution in [0, 0.1) is 0 Å². The lowest BCUT2D eigenvalue weighted by Gasteiger charge is -1.72. The molecule has 11 heavy (non-hydrogen) atoms. The van der Waals surface area contributed by atoms with Gasteiger partial charge in [-0.3, -0.25) is 4.79 Å². The molecule has 0 aliphatic heterocycles. The second kappa shape index (κ2) is 8.37. The summed E-state index contributed by atoms with van der Waals surface area (Å²) in [5.74, 6) is -4.48. The number of rotatable bonds is 0. The Morgan fingerprint density at radius 2 is 1.00 bits per heavy atom. The molecule has 66 valence electrons. The fourth-order valence-electron chi connectivity index (χ4n) is 0. The molecule has 0 heterocycles. The summed E-state index contributed by atoms with van der Waals surface area (Å²) >= 11 is 0. The van der Waals surface area contributed by atoms with Gasteiger partial charge in [-0.15, -0.1) is 0 Å². The van der Waals surface area contributed by atoms with E-state index in [1.54, 1.807) is 0 Å². The van der Waals surface area contributed by atoms with Gasteiger partial charge in [0.15, 0.2) is 0 Å². The van der Waals surface area contributed by atoms with E-state index >= 15 is 0 Å². The normalized spacial score (nSPS) is 6.27. The smallest absolute Gasteiger partial charge is 0.414 e. The van der Waals surface area contributed by atoms with Crippen molar-refractivity contribution in [3.05, 3.63) is 0 Å². The molecule has 0 saturated heterocycles. The van der Waals surface area contributed by atoms with Gasteiger partial charge in [-0.2, -0.15) is 0 Å². The molecule has 0 unspecified atom stereocenters. The molecule has 0 spiro atoms. The highest BCUT2D eigenvalue weighted by Gasteiger charge is 2.04. The van der Waals surface area contributed by atoms with Crippen molar-refractivity contribution in [1.29, 1.82) is 0 Å². The molecule has 0 aromatic heterocycles. The van der Waals surface area contributed by atoms with Crippen LogP contribution in [-0.2, 0) is 14.4 Å². The van der Waals surface area contributed by atoms with Gasteiger partial charge in [0.05, 0.1) is 0 Å². The number of hydrogen-bond acceptors (Lipinski definition) is 3. The van der Waals surface area contributed by atoms with Gasteiger partial charge in [0.2, 0.25) is 0 Å². The first kappa shape index (κ1) is 16.2. The molecule has 0 aromatic rings. The number of carbonyl (C=O) groups is 3. The van der Waals surface area contributed by atoms with E-state index in [0.29, 0.717) is 0 Å². The van der Waals surface area contributed by atoms with Gasteiger partial charge in [-0.1, -0.05) is 0 Å². The molecule has 5 N–H and O–H groups in total. The Morgan fingerprint density at radius 1 is 0.909 bits per heavy atom. The summed E-state index contributed by atoms with van der Waals surface area (Å²) in [6.45, 7) is 1.08. The summed E-state index contributed by atoms with van der Waals surface area (Å²) in [4.78, 5) is 27.2. The molecule has 0 radical (unpaired) electrons. The minimum Gasteiger partial charge on any atom is -0.481 e. The van der Waals surface area contributed by atoms with E-state index in [9.17, 15) is 0 Å². The summed E-state index contributed by atoms with van der Waals surface area (Å²) in [6.07, 6.45) is 0. The fourth-order valence-corrected chi connectivity index (χ4v) is 0. The van der Waals surface area contributed by atoms with Crippen LogP contribution in [0.4, 0.5) is 0 Å². The lowest BCUT2D eigenvalue weighted by atomic mass is 10.7. The lowest BCUT2D eigenvalue weighted by Crippen LogP contribution is -2.09. The maximum atomic E-state index is 9.10. The number of hydrogen-bond donors (Lipinski definition) is 3. The molecule has 0 aliphatic rings. The van der Waals surface area contributed by atoms with Crippen molar-refractivity contribution in [1.82, 2.24) is 0 Å². The standard InChI is InChI=1S/C2H2O4.C2H4O2.H2O/c3-1(4)2(5)6;1-2(3)4;/h(H,3,4)(H,5,6);1H3,(H,3,4);1H2. The maximum Gasteiger partial charge on any atom is 0.414 e. The Balaban J connectivity index is -0.000000114. The van der Waals surface area contributed by atoms with Crippen LogP contribution in [0.1, 0.15) is 6.92 Å². The predicted octanol–water partition coefficient (Wildman–Crippen LogP) is -1.58. The van der Waals surface area contributed by atoms with E-state index < -0.39 is 17.9 Å². The highest BCUT2D eigenvalue weighted by Crippen LogP contribution is 1.56. The summed E-state index contributed by atoms with van der Waals surface area (Å²) in [5.41, 5.74) is 0. The first-order valence-corrected chi connectivity index (χ1v) is 2.03. The van der Waals surface area contributed by atoms with Crippen molar-refractivity contribution >= 4 is 17.9 Å². The highest BCUT2D eigenvalue weighted by atomic mass is 16.4. The fraction of sp³-hybridized carbons (Fsp3) is 0.250. The third kappa shape index (κ3) is 60.5. The summed E-state index contributed by atoms with van der Waals surface area (Å²) in [5, 5.41) is 22.2. The molecule has 0 fully saturated rings. The van der Waals surface area contributed by atoms with Crippen LogP contribution in [-0.4, -0.2) is 38.7 Å². The molecule has 7 nitrogen and oxygen atoms in total. The average Bonchev–Trinajstić information content (AvgIpc) is 1.63. The quantitative estimate of drug-likeness (QED) is 0.372. The molecule has 0 aliphatic carbocycles. The van der Waals surface area contributed by atoms with Crippen molar-refractivity contribution in [3.63, 3.8) is 0 Å². The Hall–Kier alpha value is -1.63. The molecular formula is C4H8O7. The van der Waals surface area contributed by atoms with Gasteiger partial charge < -0.3 is 20.8 Å². The minimum absolute atomic E-state index is 0. The van der Waals surface area contributed by atoms with Crippen LogP contribution < -0.4 is 0 Å². The van der Waals surface area contributed by atoms with Gasteiger partial charge in [0, 0.05) is 6.92 Å². The van der Waals surface area contributed by atoms with Crippen LogP contribution in [0.15, 0.2) is 0 Å². The van der Waals surface area contributed by atoms with Gasteiger partial charge in [-0.05, 0) is 0 Å². The van der Waals surface area contributed by atoms with E-state index in [1.165, 1.54) is 0 Å². The zero-order valence-corrected chi connectivity index (χ0v) is 5.57. The summed E-state index contributed by atoms with van der Waals surface area (Å²) in [7, 11) is 0. The average molecular weight is 168 g/mol. The number of aliphatic carboxylic acids is 3. The summed E-state index contributed by atoms with van der Waals surface area (Å²) in [6, 6.07) is 0. The third-order valence-electron chi connectivity index (χ3n) is 0.183. The topological polar surface area (TPSA) is 143 Å². The van der Waals surface area contributed by atoms with Crippen molar-refractivity contribution in [2.45, 2.75) is 6.92 Å². The third-order valence-corrected chi connectivity index (χ3v) is 0.183. The van der Waals surface area contributed by atoms with E-state index in [-0.39, 0.29) is 5.48 Å². The van der Waals surface area contributed by atoms with Crippen LogP contribution in [0.2, 0.25) is 0 Å². The Bertz CT molecular complexity index is 133. The number of carboxylic acids is 3. The van der Waals surface area contributed by atoms with Crippen LogP contribution in [0.3, 0.4) is 0 Å². The molecule has 0 saturated carbocycles. The number of carboxylic acid groups (broad SMARTS) is 3. The van der Waals surface area contributed by atoms with Gasteiger partial charge in [-0.25, -0.2) is 9.59 Å². The van der Waals surface area contributed by atoms with Gasteiger partial charge in [0.1, 0.15) is 0 Å². The van der Waals surface area contributed by atoms with Crippen LogP contribution in [0.5, 0.6) is 0 Å². The zero-order valence-electron chi connectivity index (χ0n) is 5.57. The van der Waals surface area contributed by atoms with Gasteiger partial charge >= 0.3 is 11.9 Å². The van der Waals surface area contributed by atoms with E-state index in [0.717, 1.165) is 6.92 Å². The van der Waals surface area contributed by atoms with Gasteiger partial charge in [0.25, 0.3) is 5.97 Å². The molecule has 0 bridgehead atoms.